The van der Waals surface area contributed by atoms with Crippen molar-refractivity contribution in [1.82, 2.24) is 20.3 Å². The Hall–Kier alpha value is -1.39. The van der Waals surface area contributed by atoms with Crippen LogP contribution in [-0.2, 0) is 6.54 Å². The summed E-state index contributed by atoms with van der Waals surface area (Å²) in [6.07, 6.45) is 1.90. The van der Waals surface area contributed by atoms with Gasteiger partial charge in [0.25, 0.3) is 0 Å². The molecule has 16 heavy (non-hydrogen) atoms. The van der Waals surface area contributed by atoms with E-state index >= 15 is 0 Å². The van der Waals surface area contributed by atoms with Gasteiger partial charge < -0.3 is 5.32 Å². The van der Waals surface area contributed by atoms with E-state index in [9.17, 15) is 0 Å². The van der Waals surface area contributed by atoms with Crippen LogP contribution in [0.5, 0.6) is 0 Å². The van der Waals surface area contributed by atoms with Crippen molar-refractivity contribution in [3.05, 3.63) is 41.2 Å². The molecule has 84 valence electrons. The molecule has 0 aliphatic rings. The van der Waals surface area contributed by atoms with Crippen molar-refractivity contribution in [2.45, 2.75) is 13.5 Å². The second-order valence-electron chi connectivity index (χ2n) is 3.41. The third kappa shape index (κ3) is 2.59. The van der Waals surface area contributed by atoms with Crippen LogP contribution in [0, 0.1) is 0 Å². The molecular weight excluding hydrogens is 224 g/mol. The maximum atomic E-state index is 5.91. The molecule has 0 aliphatic heterocycles. The number of nitrogens with zero attached hydrogens (tertiary/aromatic N) is 3. The van der Waals surface area contributed by atoms with Crippen LogP contribution in [-0.4, -0.2) is 21.5 Å². The van der Waals surface area contributed by atoms with E-state index in [-0.39, 0.29) is 0 Å². The molecule has 0 aliphatic carbocycles. The van der Waals surface area contributed by atoms with Gasteiger partial charge in [0.1, 0.15) is 0 Å². The first-order valence-corrected chi connectivity index (χ1v) is 5.55. The van der Waals surface area contributed by atoms with Gasteiger partial charge in [0, 0.05) is 11.6 Å². The lowest BCUT2D eigenvalue weighted by Crippen LogP contribution is -2.11. The van der Waals surface area contributed by atoms with E-state index in [1.54, 1.807) is 4.68 Å². The molecule has 0 amide bonds. The number of nitrogens with one attached hydrogen (secondary N) is 1. The summed E-state index contributed by atoms with van der Waals surface area (Å²) in [6, 6.07) is 7.52. The second kappa shape index (κ2) is 5.09. The van der Waals surface area contributed by atoms with Gasteiger partial charge in [0.15, 0.2) is 0 Å². The van der Waals surface area contributed by atoms with Crippen LogP contribution in [0.1, 0.15) is 12.6 Å². The Balaban J connectivity index is 2.18. The molecule has 0 saturated carbocycles. The first kappa shape index (κ1) is 11.1. The van der Waals surface area contributed by atoms with Crippen LogP contribution in [0.25, 0.3) is 5.69 Å². The van der Waals surface area contributed by atoms with Gasteiger partial charge in [-0.15, -0.1) is 5.10 Å². The van der Waals surface area contributed by atoms with Crippen LogP contribution in [0.2, 0.25) is 5.02 Å². The fourth-order valence-electron chi connectivity index (χ4n) is 1.38. The summed E-state index contributed by atoms with van der Waals surface area (Å²) >= 11 is 5.91. The van der Waals surface area contributed by atoms with Crippen molar-refractivity contribution < 1.29 is 0 Å². The van der Waals surface area contributed by atoms with E-state index in [1.165, 1.54) is 0 Å². The zero-order valence-electron chi connectivity index (χ0n) is 9.02. The number of benzene rings is 1. The Morgan fingerprint density at radius 1 is 1.44 bits per heavy atom. The lowest BCUT2D eigenvalue weighted by atomic mass is 10.3. The quantitative estimate of drug-likeness (QED) is 0.884. The molecule has 0 spiro atoms. The molecular formula is C11H13ClN4. The normalized spacial score (nSPS) is 10.6. The number of halogens is 1. The molecule has 5 heteroatoms. The SMILES string of the molecule is CCNCc1cn(-c2cccc(Cl)c2)nn1. The third-order valence-electron chi connectivity index (χ3n) is 2.17. The molecule has 0 fully saturated rings. The van der Waals surface area contributed by atoms with Crippen LogP contribution in [0.15, 0.2) is 30.5 Å². The number of hydrogen-bond donors (Lipinski definition) is 1. The summed E-state index contributed by atoms with van der Waals surface area (Å²) in [5.74, 6) is 0. The summed E-state index contributed by atoms with van der Waals surface area (Å²) in [5, 5.41) is 12.0. The van der Waals surface area contributed by atoms with Gasteiger partial charge in [0.2, 0.25) is 0 Å². The summed E-state index contributed by atoms with van der Waals surface area (Å²) in [4.78, 5) is 0. The van der Waals surface area contributed by atoms with Gasteiger partial charge >= 0.3 is 0 Å². The van der Waals surface area contributed by atoms with Gasteiger partial charge in [0.05, 0.1) is 17.6 Å². The van der Waals surface area contributed by atoms with E-state index in [0.29, 0.717) is 5.02 Å². The Kier molecular flexibility index (Phi) is 3.54. The minimum atomic E-state index is 0.696. The third-order valence-corrected chi connectivity index (χ3v) is 2.40. The van der Waals surface area contributed by atoms with Crippen molar-refractivity contribution in [3.8, 4) is 5.69 Å². The highest BCUT2D eigenvalue weighted by Crippen LogP contribution is 2.13. The molecule has 0 bridgehead atoms. The monoisotopic (exact) mass is 236 g/mol. The predicted molar refractivity (Wildman–Crippen MR) is 63.7 cm³/mol. The highest BCUT2D eigenvalue weighted by Gasteiger charge is 2.02. The zero-order valence-corrected chi connectivity index (χ0v) is 9.78. The van der Waals surface area contributed by atoms with Gasteiger partial charge in [-0.2, -0.15) is 0 Å². The smallest absolute Gasteiger partial charge is 0.0969 e. The molecule has 2 rings (SSSR count). The fraction of sp³-hybridized carbons (Fsp3) is 0.273. The van der Waals surface area contributed by atoms with E-state index in [1.807, 2.05) is 30.5 Å². The molecule has 2 aromatic rings. The average Bonchev–Trinajstić information content (AvgIpc) is 2.75. The number of rotatable bonds is 4. The Labute approximate surface area is 99.2 Å². The highest BCUT2D eigenvalue weighted by molar-refractivity contribution is 6.30. The topological polar surface area (TPSA) is 42.7 Å². The molecule has 1 heterocycles. The Morgan fingerprint density at radius 2 is 2.31 bits per heavy atom. The molecule has 0 atom stereocenters. The lowest BCUT2D eigenvalue weighted by molar-refractivity contribution is 0.705. The number of aromatic nitrogens is 3. The largest absolute Gasteiger partial charge is 0.311 e. The van der Waals surface area contributed by atoms with E-state index in [2.05, 4.69) is 22.6 Å². The summed E-state index contributed by atoms with van der Waals surface area (Å²) in [7, 11) is 0. The molecule has 4 nitrogen and oxygen atoms in total. The molecule has 0 radical (unpaired) electrons. The predicted octanol–water partition coefficient (Wildman–Crippen LogP) is 2.03. The molecule has 1 N–H and O–H groups in total. The summed E-state index contributed by atoms with van der Waals surface area (Å²) < 4.78 is 1.72. The van der Waals surface area contributed by atoms with Gasteiger partial charge in [-0.1, -0.05) is 29.8 Å². The number of hydrogen-bond acceptors (Lipinski definition) is 3. The van der Waals surface area contributed by atoms with Crippen LogP contribution in [0.4, 0.5) is 0 Å². The minimum absolute atomic E-state index is 0.696. The zero-order chi connectivity index (χ0) is 11.4. The van der Waals surface area contributed by atoms with Crippen LogP contribution < -0.4 is 5.32 Å². The first-order chi connectivity index (χ1) is 7.79. The van der Waals surface area contributed by atoms with Crippen LogP contribution >= 0.6 is 11.6 Å². The molecule has 1 aromatic carbocycles. The Morgan fingerprint density at radius 3 is 3.06 bits per heavy atom. The summed E-state index contributed by atoms with van der Waals surface area (Å²) in [6.45, 7) is 3.71. The van der Waals surface area contributed by atoms with Crippen molar-refractivity contribution in [2.24, 2.45) is 0 Å². The highest BCUT2D eigenvalue weighted by atomic mass is 35.5. The van der Waals surface area contributed by atoms with E-state index in [4.69, 9.17) is 11.6 Å². The summed E-state index contributed by atoms with van der Waals surface area (Å²) in [5.41, 5.74) is 1.84. The molecule has 0 unspecified atom stereocenters. The van der Waals surface area contributed by atoms with E-state index in [0.717, 1.165) is 24.5 Å². The van der Waals surface area contributed by atoms with Crippen molar-refractivity contribution in [2.75, 3.05) is 6.54 Å². The van der Waals surface area contributed by atoms with Gasteiger partial charge in [-0.25, -0.2) is 4.68 Å². The maximum Gasteiger partial charge on any atom is 0.0969 e. The second-order valence-corrected chi connectivity index (χ2v) is 3.85. The van der Waals surface area contributed by atoms with Crippen molar-refractivity contribution >= 4 is 11.6 Å². The molecule has 1 aromatic heterocycles. The minimum Gasteiger partial charge on any atom is -0.311 e. The molecule has 0 saturated heterocycles. The van der Waals surface area contributed by atoms with Gasteiger partial charge in [-0.05, 0) is 24.7 Å². The standard InChI is InChI=1S/C11H13ClN4/c1-2-13-7-10-8-16(15-14-10)11-5-3-4-9(12)6-11/h3-6,8,13H,2,7H2,1H3. The van der Waals surface area contributed by atoms with E-state index < -0.39 is 0 Å². The van der Waals surface area contributed by atoms with Crippen molar-refractivity contribution in [3.63, 3.8) is 0 Å². The lowest BCUT2D eigenvalue weighted by Gasteiger charge is -1.99. The first-order valence-electron chi connectivity index (χ1n) is 5.17. The Bertz CT molecular complexity index is 467. The fourth-order valence-corrected chi connectivity index (χ4v) is 1.56. The maximum absolute atomic E-state index is 5.91. The van der Waals surface area contributed by atoms with Crippen molar-refractivity contribution in [1.29, 1.82) is 0 Å². The van der Waals surface area contributed by atoms with Gasteiger partial charge in [-0.3, -0.25) is 0 Å². The van der Waals surface area contributed by atoms with Crippen LogP contribution in [0.3, 0.4) is 0 Å². The average molecular weight is 237 g/mol.